The molecule has 0 saturated carbocycles. The van der Waals surface area contributed by atoms with Crippen LogP contribution < -0.4 is 14.4 Å². The summed E-state index contributed by atoms with van der Waals surface area (Å²) in [7, 11) is 2.68. The summed E-state index contributed by atoms with van der Waals surface area (Å²) in [5.41, 5.74) is -0.219. The minimum atomic E-state index is -1.36. The van der Waals surface area contributed by atoms with Gasteiger partial charge in [-0.25, -0.2) is 9.59 Å². The van der Waals surface area contributed by atoms with Crippen LogP contribution in [0.2, 0.25) is 0 Å². The summed E-state index contributed by atoms with van der Waals surface area (Å²) >= 11 is 6.19. The fraction of sp³-hybridized carbons (Fsp3) is 0.100. The van der Waals surface area contributed by atoms with Crippen LogP contribution in [0.3, 0.4) is 0 Å². The van der Waals surface area contributed by atoms with Gasteiger partial charge in [-0.1, -0.05) is 30.0 Å². The highest BCUT2D eigenvalue weighted by molar-refractivity contribution is 8.27. The van der Waals surface area contributed by atoms with Crippen molar-refractivity contribution in [1.82, 2.24) is 0 Å². The number of carboxylic acid groups (broad SMARTS) is 2. The summed E-state index contributed by atoms with van der Waals surface area (Å²) in [6, 6.07) is 6.62. The van der Waals surface area contributed by atoms with Gasteiger partial charge in [-0.3, -0.25) is 9.69 Å². The maximum atomic E-state index is 13.0. The van der Waals surface area contributed by atoms with E-state index in [9.17, 15) is 29.7 Å². The number of hydrogen-bond acceptors (Lipinski definition) is 8. The summed E-state index contributed by atoms with van der Waals surface area (Å²) in [6.07, 6.45) is 1.36. The molecule has 2 aromatic carbocycles. The number of carboxylic acids is 2. The molecule has 9 nitrogen and oxygen atoms in total. The van der Waals surface area contributed by atoms with Gasteiger partial charge in [0.2, 0.25) is 0 Å². The first-order chi connectivity index (χ1) is 14.7. The van der Waals surface area contributed by atoms with E-state index in [-0.39, 0.29) is 43.1 Å². The minimum Gasteiger partial charge on any atom is -0.507 e. The molecule has 1 amide bonds. The van der Waals surface area contributed by atoms with Gasteiger partial charge in [0.25, 0.3) is 5.91 Å². The van der Waals surface area contributed by atoms with Gasteiger partial charge in [-0.15, -0.1) is 0 Å². The normalized spacial score (nSPS) is 14.8. The lowest BCUT2D eigenvalue weighted by molar-refractivity contribution is -0.113. The molecule has 1 fully saturated rings. The highest BCUT2D eigenvalue weighted by atomic mass is 32.2. The number of benzene rings is 2. The SMILES string of the molecule is COc1ccc(/C=C2\SC(=S)N(c3ccc(O)c(C(=O)O)c3)C2=O)c(C(=O)O)c1OC. The first-order valence-electron chi connectivity index (χ1n) is 8.52. The number of thioether (sulfide) groups is 1. The third kappa shape index (κ3) is 4.05. The molecular weight excluding hydrogens is 446 g/mol. The molecule has 1 aliphatic heterocycles. The Hall–Kier alpha value is -3.57. The Morgan fingerprint density at radius 3 is 2.39 bits per heavy atom. The number of ether oxygens (including phenoxy) is 2. The van der Waals surface area contributed by atoms with Gasteiger partial charge in [-0.05, 0) is 35.9 Å². The van der Waals surface area contributed by atoms with Crippen LogP contribution in [0.15, 0.2) is 35.2 Å². The highest BCUT2D eigenvalue weighted by Gasteiger charge is 2.34. The molecule has 2 aromatic rings. The Morgan fingerprint density at radius 2 is 1.81 bits per heavy atom. The first-order valence-corrected chi connectivity index (χ1v) is 9.74. The van der Waals surface area contributed by atoms with Crippen LogP contribution in [0.1, 0.15) is 26.3 Å². The molecule has 0 bridgehead atoms. The number of carbonyl (C=O) groups excluding carboxylic acids is 1. The second-order valence-corrected chi connectivity index (χ2v) is 7.77. The number of aromatic hydroxyl groups is 1. The Balaban J connectivity index is 2.07. The highest BCUT2D eigenvalue weighted by Crippen LogP contribution is 2.40. The van der Waals surface area contributed by atoms with E-state index in [4.69, 9.17) is 21.7 Å². The van der Waals surface area contributed by atoms with Crippen molar-refractivity contribution in [3.63, 3.8) is 0 Å². The summed E-state index contributed by atoms with van der Waals surface area (Å²) < 4.78 is 10.4. The van der Waals surface area contributed by atoms with Gasteiger partial charge in [0, 0.05) is 0 Å². The number of amides is 1. The van der Waals surface area contributed by atoms with E-state index < -0.39 is 23.6 Å². The van der Waals surface area contributed by atoms with Crippen molar-refractivity contribution in [2.24, 2.45) is 0 Å². The zero-order chi connectivity index (χ0) is 22.9. The van der Waals surface area contributed by atoms with Crippen molar-refractivity contribution in [3.05, 3.63) is 51.9 Å². The molecule has 1 heterocycles. The van der Waals surface area contributed by atoms with E-state index in [2.05, 4.69) is 0 Å². The van der Waals surface area contributed by atoms with Gasteiger partial charge in [0.1, 0.15) is 16.9 Å². The number of hydrogen-bond donors (Lipinski definition) is 3. The maximum Gasteiger partial charge on any atom is 0.340 e. The van der Waals surface area contributed by atoms with Crippen molar-refractivity contribution in [2.75, 3.05) is 19.1 Å². The Kier molecular flexibility index (Phi) is 6.18. The second-order valence-electron chi connectivity index (χ2n) is 6.09. The van der Waals surface area contributed by atoms with Crippen LogP contribution in [0.25, 0.3) is 6.08 Å². The number of nitrogens with zero attached hydrogens (tertiary/aromatic N) is 1. The number of rotatable bonds is 6. The number of methoxy groups -OCH3 is 2. The molecule has 0 radical (unpaired) electrons. The Morgan fingerprint density at radius 1 is 1.10 bits per heavy atom. The van der Waals surface area contributed by atoms with Crippen LogP contribution >= 0.6 is 24.0 Å². The molecule has 0 aliphatic carbocycles. The van der Waals surface area contributed by atoms with E-state index in [0.29, 0.717) is 0 Å². The predicted octanol–water partition coefficient (Wildman–Crippen LogP) is 3.21. The van der Waals surface area contributed by atoms with Crippen molar-refractivity contribution in [3.8, 4) is 17.2 Å². The molecule has 0 atom stereocenters. The van der Waals surface area contributed by atoms with Gasteiger partial charge in [0.05, 0.1) is 24.8 Å². The molecule has 0 aromatic heterocycles. The van der Waals surface area contributed by atoms with Crippen molar-refractivity contribution in [2.45, 2.75) is 0 Å². The third-order valence-electron chi connectivity index (χ3n) is 4.34. The zero-order valence-electron chi connectivity index (χ0n) is 16.1. The van der Waals surface area contributed by atoms with E-state index in [1.165, 1.54) is 38.5 Å². The number of aromatic carboxylic acids is 2. The molecule has 3 N–H and O–H groups in total. The van der Waals surface area contributed by atoms with E-state index >= 15 is 0 Å². The van der Waals surface area contributed by atoms with E-state index in [1.54, 1.807) is 0 Å². The van der Waals surface area contributed by atoms with Crippen LogP contribution in [0.4, 0.5) is 5.69 Å². The van der Waals surface area contributed by atoms with Crippen LogP contribution in [-0.2, 0) is 4.79 Å². The number of anilines is 1. The molecule has 11 heteroatoms. The smallest absolute Gasteiger partial charge is 0.340 e. The van der Waals surface area contributed by atoms with Crippen molar-refractivity contribution in [1.29, 1.82) is 0 Å². The van der Waals surface area contributed by atoms with Gasteiger partial charge < -0.3 is 24.8 Å². The summed E-state index contributed by atoms with van der Waals surface area (Å²) in [4.78, 5) is 37.3. The van der Waals surface area contributed by atoms with Crippen molar-refractivity contribution < 1.29 is 39.2 Å². The molecule has 31 heavy (non-hydrogen) atoms. The number of carbonyl (C=O) groups is 3. The molecule has 0 spiro atoms. The van der Waals surface area contributed by atoms with Crippen LogP contribution in [0, 0.1) is 0 Å². The van der Waals surface area contributed by atoms with E-state index in [0.717, 1.165) is 28.8 Å². The predicted molar refractivity (Wildman–Crippen MR) is 117 cm³/mol. The summed E-state index contributed by atoms with van der Waals surface area (Å²) in [5, 5.41) is 28.5. The van der Waals surface area contributed by atoms with Gasteiger partial charge in [0.15, 0.2) is 15.8 Å². The fourth-order valence-electron chi connectivity index (χ4n) is 2.95. The minimum absolute atomic E-state index is 0.00358. The average Bonchev–Trinajstić information content (AvgIpc) is 3.00. The fourth-order valence-corrected chi connectivity index (χ4v) is 4.24. The molecule has 0 unspecified atom stereocenters. The number of phenols is 1. The molecular formula is C20H15NO8S2. The molecule has 1 saturated heterocycles. The Labute approximate surface area is 185 Å². The largest absolute Gasteiger partial charge is 0.507 e. The first kappa shape index (κ1) is 22.1. The van der Waals surface area contributed by atoms with E-state index in [1.807, 2.05) is 0 Å². The maximum absolute atomic E-state index is 13.0. The summed E-state index contributed by atoms with van der Waals surface area (Å²) in [6.45, 7) is 0. The third-order valence-corrected chi connectivity index (χ3v) is 5.64. The average molecular weight is 461 g/mol. The topological polar surface area (TPSA) is 134 Å². The van der Waals surface area contributed by atoms with Gasteiger partial charge in [-0.2, -0.15) is 0 Å². The Bertz CT molecular complexity index is 1160. The lowest BCUT2D eigenvalue weighted by Gasteiger charge is -2.15. The second kappa shape index (κ2) is 8.66. The van der Waals surface area contributed by atoms with Crippen molar-refractivity contribution >= 4 is 57.9 Å². The summed E-state index contributed by atoms with van der Waals surface area (Å²) in [5.74, 6) is -3.44. The zero-order valence-corrected chi connectivity index (χ0v) is 17.7. The van der Waals surface area contributed by atoms with Crippen LogP contribution in [-0.4, -0.2) is 51.7 Å². The monoisotopic (exact) mass is 461 g/mol. The quantitative estimate of drug-likeness (QED) is 0.435. The molecule has 1 aliphatic rings. The number of thiocarbonyl (C=S) groups is 1. The van der Waals surface area contributed by atoms with Gasteiger partial charge >= 0.3 is 11.9 Å². The lowest BCUT2D eigenvalue weighted by atomic mass is 10.0. The lowest BCUT2D eigenvalue weighted by Crippen LogP contribution is -2.27. The standard InChI is InChI=1S/C20H15NO8S2/c1-28-13-6-3-9(15(19(26)27)16(13)29-2)7-14-17(23)21(20(30)31-14)10-4-5-12(22)11(8-10)18(24)25/h3-8,22H,1-2H3,(H,24,25)(H,26,27)/b14-7-. The molecule has 3 rings (SSSR count). The van der Waals surface area contributed by atoms with Crippen LogP contribution in [0.5, 0.6) is 17.2 Å². The molecule has 160 valence electrons.